The highest BCUT2D eigenvalue weighted by molar-refractivity contribution is 6.32. The Labute approximate surface area is 221 Å². The number of anilines is 3. The van der Waals surface area contributed by atoms with E-state index in [1.165, 1.54) is 24.5 Å². The molecule has 0 radical (unpaired) electrons. The van der Waals surface area contributed by atoms with E-state index in [0.717, 1.165) is 12.1 Å². The van der Waals surface area contributed by atoms with E-state index in [2.05, 4.69) is 25.9 Å². The van der Waals surface area contributed by atoms with E-state index in [-0.39, 0.29) is 33.9 Å². The van der Waals surface area contributed by atoms with Crippen molar-refractivity contribution in [2.24, 2.45) is 0 Å². The lowest BCUT2D eigenvalue weighted by atomic mass is 10.1. The van der Waals surface area contributed by atoms with E-state index in [9.17, 15) is 18.0 Å². The van der Waals surface area contributed by atoms with E-state index in [1.807, 2.05) is 11.8 Å². The van der Waals surface area contributed by atoms with Crippen LogP contribution in [0.3, 0.4) is 0 Å². The number of hydrogen-bond acceptors (Lipinski definition) is 8. The van der Waals surface area contributed by atoms with Crippen molar-refractivity contribution in [3.63, 3.8) is 0 Å². The van der Waals surface area contributed by atoms with Gasteiger partial charge in [-0.15, -0.1) is 0 Å². The van der Waals surface area contributed by atoms with Crippen molar-refractivity contribution in [3.8, 4) is 17.4 Å². The molecule has 1 atom stereocenters. The molecule has 1 saturated heterocycles. The first kappa shape index (κ1) is 25.9. The van der Waals surface area contributed by atoms with Gasteiger partial charge in [0, 0.05) is 42.6 Å². The summed E-state index contributed by atoms with van der Waals surface area (Å²) in [7, 11) is 0. The number of piperazine rings is 1. The first-order valence-electron chi connectivity index (χ1n) is 11.9. The van der Waals surface area contributed by atoms with Crippen LogP contribution in [0.1, 0.15) is 22.8 Å². The molecule has 0 aliphatic carbocycles. The predicted octanol–water partition coefficient (Wildman–Crippen LogP) is 4.80. The van der Waals surface area contributed by atoms with E-state index in [4.69, 9.17) is 21.1 Å². The standard InChI is InChI=1S/C25H24ClF3N6O3/c1-14-12-30-4-6-35(14)18-10-16(25(27,28)29)9-17(11-18)34-23(36)15-2-3-19(26)20(8-15)38-24-21-22(32-13-33-24)31-5-7-37-21/h2-3,8-11,13-14,30H,4-7,12H2,1H3,(H,34,36)(H,31,32,33)/t14-/m0/s1. The molecule has 1 aromatic heterocycles. The highest BCUT2D eigenvalue weighted by Crippen LogP contribution is 2.39. The number of amides is 1. The molecular weight excluding hydrogens is 525 g/mol. The molecule has 5 rings (SSSR count). The van der Waals surface area contributed by atoms with Crippen LogP contribution < -0.4 is 30.3 Å². The minimum Gasteiger partial charge on any atom is -0.483 e. The van der Waals surface area contributed by atoms with Gasteiger partial charge in [-0.1, -0.05) is 11.6 Å². The Kier molecular flexibility index (Phi) is 7.17. The zero-order valence-corrected chi connectivity index (χ0v) is 21.0. The van der Waals surface area contributed by atoms with Gasteiger partial charge in [0.05, 0.1) is 17.1 Å². The lowest BCUT2D eigenvalue weighted by Gasteiger charge is -2.36. The molecule has 13 heteroatoms. The summed E-state index contributed by atoms with van der Waals surface area (Å²) < 4.78 is 52.5. The molecule has 0 spiro atoms. The molecule has 1 amide bonds. The first-order valence-corrected chi connectivity index (χ1v) is 12.3. The molecule has 9 nitrogen and oxygen atoms in total. The number of fused-ring (bicyclic) bond motifs is 1. The number of carbonyl (C=O) groups is 1. The number of ether oxygens (including phenoxy) is 2. The van der Waals surface area contributed by atoms with E-state index in [0.29, 0.717) is 50.0 Å². The Hall–Kier alpha value is -3.77. The number of carbonyl (C=O) groups excluding carboxylic acids is 1. The normalized spacial score (nSPS) is 17.2. The third-order valence-corrected chi connectivity index (χ3v) is 6.46. The van der Waals surface area contributed by atoms with Crippen molar-refractivity contribution in [2.75, 3.05) is 48.3 Å². The van der Waals surface area contributed by atoms with Gasteiger partial charge < -0.3 is 30.3 Å². The highest BCUT2D eigenvalue weighted by Gasteiger charge is 2.32. The van der Waals surface area contributed by atoms with Crippen LogP contribution in [0.2, 0.25) is 5.02 Å². The molecule has 2 aromatic carbocycles. The average molecular weight is 549 g/mol. The maximum atomic E-state index is 13.7. The van der Waals surface area contributed by atoms with Crippen LogP contribution in [-0.2, 0) is 6.18 Å². The molecule has 1 fully saturated rings. The number of aromatic nitrogens is 2. The van der Waals surface area contributed by atoms with Crippen molar-refractivity contribution >= 4 is 34.7 Å². The average Bonchev–Trinajstić information content (AvgIpc) is 2.89. The third kappa shape index (κ3) is 5.55. The quantitative estimate of drug-likeness (QED) is 0.418. The van der Waals surface area contributed by atoms with Crippen LogP contribution in [0.5, 0.6) is 17.4 Å². The van der Waals surface area contributed by atoms with Gasteiger partial charge in [-0.2, -0.15) is 18.2 Å². The second-order valence-electron chi connectivity index (χ2n) is 8.85. The van der Waals surface area contributed by atoms with Crippen molar-refractivity contribution in [3.05, 3.63) is 58.9 Å². The number of nitrogens with one attached hydrogen (secondary N) is 3. The lowest BCUT2D eigenvalue weighted by molar-refractivity contribution is -0.137. The summed E-state index contributed by atoms with van der Waals surface area (Å²) in [6.45, 7) is 4.72. The van der Waals surface area contributed by atoms with E-state index >= 15 is 0 Å². The van der Waals surface area contributed by atoms with E-state index in [1.54, 1.807) is 6.07 Å². The van der Waals surface area contributed by atoms with Gasteiger partial charge in [0.1, 0.15) is 18.7 Å². The minimum atomic E-state index is -4.58. The van der Waals surface area contributed by atoms with Crippen molar-refractivity contribution in [1.29, 1.82) is 0 Å². The molecule has 2 aliphatic heterocycles. The van der Waals surface area contributed by atoms with Crippen molar-refractivity contribution in [1.82, 2.24) is 15.3 Å². The number of benzene rings is 2. The van der Waals surface area contributed by atoms with Crippen molar-refractivity contribution < 1.29 is 27.4 Å². The van der Waals surface area contributed by atoms with Crippen molar-refractivity contribution in [2.45, 2.75) is 19.1 Å². The highest BCUT2D eigenvalue weighted by atomic mass is 35.5. The maximum Gasteiger partial charge on any atom is 0.416 e. The van der Waals surface area contributed by atoms with Gasteiger partial charge in [0.2, 0.25) is 5.75 Å². The summed E-state index contributed by atoms with van der Waals surface area (Å²) >= 11 is 6.29. The lowest BCUT2D eigenvalue weighted by Crippen LogP contribution is -2.50. The van der Waals surface area contributed by atoms with Crippen LogP contribution in [-0.4, -0.2) is 54.7 Å². The minimum absolute atomic E-state index is 0.0153. The number of alkyl halides is 3. The number of rotatable bonds is 5. The fourth-order valence-electron chi connectivity index (χ4n) is 4.28. The Morgan fingerprint density at radius 3 is 2.84 bits per heavy atom. The Bertz CT molecular complexity index is 1360. The molecule has 0 saturated carbocycles. The second-order valence-corrected chi connectivity index (χ2v) is 9.25. The summed E-state index contributed by atoms with van der Waals surface area (Å²) in [4.78, 5) is 23.2. The number of hydrogen-bond donors (Lipinski definition) is 3. The second kappa shape index (κ2) is 10.5. The van der Waals surface area contributed by atoms with Crippen LogP contribution >= 0.6 is 11.6 Å². The zero-order chi connectivity index (χ0) is 26.9. The van der Waals surface area contributed by atoms with Gasteiger partial charge >= 0.3 is 6.18 Å². The SMILES string of the molecule is C[C@H]1CNCCN1c1cc(NC(=O)c2ccc(Cl)c(Oc3ncnc4c3OCCN4)c2)cc(C(F)(F)F)c1. The Morgan fingerprint density at radius 2 is 2.05 bits per heavy atom. The largest absolute Gasteiger partial charge is 0.483 e. The van der Waals surface area contributed by atoms with Crippen LogP contribution in [0.4, 0.5) is 30.4 Å². The molecule has 3 aromatic rings. The molecule has 0 unspecified atom stereocenters. The molecule has 38 heavy (non-hydrogen) atoms. The number of halogens is 4. The summed E-state index contributed by atoms with van der Waals surface area (Å²) in [5.74, 6) is 0.365. The molecular formula is C25H24ClF3N6O3. The van der Waals surface area contributed by atoms with Crippen LogP contribution in [0.25, 0.3) is 0 Å². The molecule has 0 bridgehead atoms. The fraction of sp³-hybridized carbons (Fsp3) is 0.320. The zero-order valence-electron chi connectivity index (χ0n) is 20.2. The molecule has 3 N–H and O–H groups in total. The Morgan fingerprint density at radius 1 is 1.21 bits per heavy atom. The van der Waals surface area contributed by atoms with Gasteiger partial charge in [0.15, 0.2) is 5.82 Å². The van der Waals surface area contributed by atoms with Gasteiger partial charge in [-0.25, -0.2) is 4.98 Å². The smallest absolute Gasteiger partial charge is 0.416 e. The summed E-state index contributed by atoms with van der Waals surface area (Å²) in [6, 6.07) is 7.83. The Balaban J connectivity index is 1.41. The number of nitrogens with zero attached hydrogens (tertiary/aromatic N) is 3. The molecule has 200 valence electrons. The fourth-order valence-corrected chi connectivity index (χ4v) is 4.43. The predicted molar refractivity (Wildman–Crippen MR) is 137 cm³/mol. The molecule has 2 aliphatic rings. The van der Waals surface area contributed by atoms with Gasteiger partial charge in [0.25, 0.3) is 11.8 Å². The summed E-state index contributed by atoms with van der Waals surface area (Å²) in [6.07, 6.45) is -3.29. The van der Waals surface area contributed by atoms with Gasteiger partial charge in [-0.05, 0) is 43.3 Å². The van der Waals surface area contributed by atoms with Crippen LogP contribution in [0, 0.1) is 0 Å². The molecule has 3 heterocycles. The first-order chi connectivity index (χ1) is 18.2. The topological polar surface area (TPSA) is 101 Å². The maximum absolute atomic E-state index is 13.7. The summed E-state index contributed by atoms with van der Waals surface area (Å²) in [5, 5.41) is 9.07. The van der Waals surface area contributed by atoms with E-state index < -0.39 is 17.6 Å². The van der Waals surface area contributed by atoms with Crippen LogP contribution in [0.15, 0.2) is 42.7 Å². The van der Waals surface area contributed by atoms with Gasteiger partial charge in [-0.3, -0.25) is 4.79 Å². The third-order valence-electron chi connectivity index (χ3n) is 6.15. The monoisotopic (exact) mass is 548 g/mol. The summed E-state index contributed by atoms with van der Waals surface area (Å²) in [5.41, 5.74) is -0.321.